The van der Waals surface area contributed by atoms with Crippen molar-refractivity contribution in [3.05, 3.63) is 70.4 Å². The standard InChI is InChI=1S/C27H26BF2N3O2S/c1-2-3-4-5-6-7-16-35-19-14-15-22-23(17-19)36-27-31-25-20-12-8-10-18-11-9-13-21(24(18)20)26(34)33(25)28(29,30)32(22)27/h8-15,17H,2-7,16H2,1H3. The minimum atomic E-state index is -4.44. The molecule has 1 aliphatic heterocycles. The number of unbranched alkanes of at least 4 members (excludes halogenated alkanes) is 5. The van der Waals surface area contributed by atoms with Crippen molar-refractivity contribution in [3.8, 4) is 5.75 Å². The summed E-state index contributed by atoms with van der Waals surface area (Å²) in [5.41, 5.74) is -0.362. The number of fused-ring (bicyclic) bond motifs is 5. The topological polar surface area (TPSA) is 47.5 Å². The van der Waals surface area contributed by atoms with Crippen molar-refractivity contribution in [3.63, 3.8) is 0 Å². The predicted molar refractivity (Wildman–Crippen MR) is 142 cm³/mol. The lowest BCUT2D eigenvalue weighted by molar-refractivity contribution is -0.524. The molecule has 0 unspecified atom stereocenters. The predicted octanol–water partition coefficient (Wildman–Crippen LogP) is 6.15. The van der Waals surface area contributed by atoms with E-state index in [1.54, 1.807) is 36.4 Å². The molecular formula is C27H26BF2N3O2S. The number of hydrogen-bond acceptors (Lipinski definition) is 4. The lowest BCUT2D eigenvalue weighted by Gasteiger charge is -2.26. The van der Waals surface area contributed by atoms with Crippen LogP contribution in [-0.2, 0) is 0 Å². The van der Waals surface area contributed by atoms with Crippen LogP contribution in [0.3, 0.4) is 0 Å². The highest BCUT2D eigenvalue weighted by Crippen LogP contribution is 2.33. The zero-order chi connectivity index (χ0) is 24.9. The molecule has 0 saturated carbocycles. The van der Waals surface area contributed by atoms with Crippen molar-refractivity contribution in [1.82, 2.24) is 4.48 Å². The van der Waals surface area contributed by atoms with Crippen LogP contribution in [-0.4, -0.2) is 18.1 Å². The normalized spacial score (nSPS) is 14.2. The number of rotatable bonds is 8. The summed E-state index contributed by atoms with van der Waals surface area (Å²) in [6, 6.07) is 15.8. The highest BCUT2D eigenvalue weighted by Gasteiger charge is 2.47. The highest BCUT2D eigenvalue weighted by molar-refractivity contribution is 7.21. The van der Waals surface area contributed by atoms with Gasteiger partial charge in [0, 0.05) is 22.2 Å². The Bertz CT molecular complexity index is 1730. The second kappa shape index (κ2) is 8.96. The van der Waals surface area contributed by atoms with Crippen molar-refractivity contribution in [1.29, 1.82) is 0 Å². The van der Waals surface area contributed by atoms with Crippen LogP contribution in [0.5, 0.6) is 5.75 Å². The van der Waals surface area contributed by atoms with Crippen molar-refractivity contribution >= 4 is 55.2 Å². The summed E-state index contributed by atoms with van der Waals surface area (Å²) in [5.74, 6) is 0.657. The minimum Gasteiger partial charge on any atom is -0.494 e. The Kier molecular flexibility index (Phi) is 5.75. The number of halogens is 2. The minimum absolute atomic E-state index is 0.0143. The zero-order valence-corrected chi connectivity index (χ0v) is 20.9. The Balaban J connectivity index is 1.41. The molecule has 0 aliphatic carbocycles. The number of benzene rings is 3. The number of hydrogen-bond donors (Lipinski definition) is 0. The summed E-state index contributed by atoms with van der Waals surface area (Å²) in [7, 11) is 0. The molecular weight excluding hydrogens is 479 g/mol. The van der Waals surface area contributed by atoms with Crippen LogP contribution >= 0.6 is 11.3 Å². The van der Waals surface area contributed by atoms with Crippen LogP contribution in [0.15, 0.2) is 64.4 Å². The molecule has 1 aliphatic rings. The quantitative estimate of drug-likeness (QED) is 0.188. The van der Waals surface area contributed by atoms with Crippen molar-refractivity contribution in [2.24, 2.45) is 4.99 Å². The van der Waals surface area contributed by atoms with Crippen LogP contribution in [0.25, 0.3) is 31.8 Å². The first-order chi connectivity index (χ1) is 17.5. The fourth-order valence-corrected chi connectivity index (χ4v) is 6.33. The molecule has 0 saturated heterocycles. The smallest absolute Gasteiger partial charge is 0.494 e. The molecule has 0 amide bonds. The van der Waals surface area contributed by atoms with Crippen molar-refractivity contribution in [2.75, 3.05) is 6.61 Å². The molecule has 6 rings (SSSR count). The summed E-state index contributed by atoms with van der Waals surface area (Å²) in [6.07, 6.45) is 7.03. The summed E-state index contributed by atoms with van der Waals surface area (Å²) >= 11 is 1.19. The molecule has 5 nitrogen and oxygen atoms in total. The van der Waals surface area contributed by atoms with E-state index in [0.29, 0.717) is 37.8 Å². The molecule has 2 aromatic heterocycles. The Labute approximate surface area is 210 Å². The fourth-order valence-electron chi connectivity index (χ4n) is 5.23. The molecule has 0 fully saturated rings. The third-order valence-corrected chi connectivity index (χ3v) is 8.03. The monoisotopic (exact) mass is 505 g/mol. The zero-order valence-electron chi connectivity index (χ0n) is 20.0. The second-order valence-corrected chi connectivity index (χ2v) is 10.4. The maximum absolute atomic E-state index is 16.1. The summed E-state index contributed by atoms with van der Waals surface area (Å²) < 4.78 is 40.3. The van der Waals surface area contributed by atoms with E-state index in [4.69, 9.17) is 4.74 Å². The number of aromatic nitrogens is 2. The first-order valence-corrected chi connectivity index (χ1v) is 13.4. The third kappa shape index (κ3) is 3.60. The molecule has 0 spiro atoms. The molecule has 0 bridgehead atoms. The summed E-state index contributed by atoms with van der Waals surface area (Å²) in [5, 5.41) is 2.51. The van der Waals surface area contributed by atoms with E-state index in [1.807, 2.05) is 18.2 Å². The van der Waals surface area contributed by atoms with Gasteiger partial charge in [0.05, 0.1) is 11.3 Å². The van der Waals surface area contributed by atoms with Gasteiger partial charge in [0.2, 0.25) is 11.0 Å². The molecule has 9 heteroatoms. The van der Waals surface area contributed by atoms with Crippen molar-refractivity contribution < 1.29 is 17.8 Å². The average Bonchev–Trinajstić information content (AvgIpc) is 3.25. The van der Waals surface area contributed by atoms with E-state index >= 15 is 8.63 Å². The van der Waals surface area contributed by atoms with E-state index in [2.05, 4.69) is 11.9 Å². The number of nitrogens with zero attached hydrogens (tertiary/aromatic N) is 3. The molecule has 0 radical (unpaired) electrons. The van der Waals surface area contributed by atoms with Gasteiger partial charge in [-0.25, -0.2) is 0 Å². The Hall–Kier alpha value is -3.33. The molecule has 0 N–H and O–H groups in total. The maximum atomic E-state index is 16.1. The summed E-state index contributed by atoms with van der Waals surface area (Å²) in [4.78, 5) is 18.0. The third-order valence-electron chi connectivity index (χ3n) is 7.01. The van der Waals surface area contributed by atoms with E-state index in [1.165, 1.54) is 37.0 Å². The molecule has 184 valence electrons. The molecule has 5 aromatic rings. The van der Waals surface area contributed by atoms with Gasteiger partial charge in [-0.15, -0.1) is 0 Å². The van der Waals surface area contributed by atoms with Gasteiger partial charge in [-0.1, -0.05) is 63.3 Å². The SMILES string of the molecule is CCCCCCCCOc1ccc2c(c1)sc1[n+]2[B-](F)(F)n2c(=O)c3cccc4cccc(c2=N1)c43. The van der Waals surface area contributed by atoms with Crippen LogP contribution < -0.4 is 20.3 Å². The molecule has 3 aromatic carbocycles. The Morgan fingerprint density at radius 2 is 1.75 bits per heavy atom. The lowest BCUT2D eigenvalue weighted by Crippen LogP contribution is -2.71. The molecule has 36 heavy (non-hydrogen) atoms. The van der Waals surface area contributed by atoms with Gasteiger partial charge in [0.15, 0.2) is 0 Å². The first kappa shape index (κ1) is 23.1. The van der Waals surface area contributed by atoms with E-state index in [-0.39, 0.29) is 16.0 Å². The lowest BCUT2D eigenvalue weighted by atomic mass is 9.92. The van der Waals surface area contributed by atoms with Crippen LogP contribution in [0, 0.1) is 0 Å². The van der Waals surface area contributed by atoms with E-state index in [9.17, 15) is 4.79 Å². The van der Waals surface area contributed by atoms with Gasteiger partial charge < -0.3 is 22.3 Å². The van der Waals surface area contributed by atoms with Gasteiger partial charge in [0.25, 0.3) is 0 Å². The largest absolute Gasteiger partial charge is 0.645 e. The van der Waals surface area contributed by atoms with Gasteiger partial charge in [-0.3, -0.25) is 4.79 Å². The second-order valence-electron chi connectivity index (χ2n) is 9.41. The molecule has 0 atom stereocenters. The number of thiazole rings is 1. The van der Waals surface area contributed by atoms with Crippen molar-refractivity contribution in [2.45, 2.75) is 45.4 Å². The maximum Gasteiger partial charge on any atom is 0.645 e. The van der Waals surface area contributed by atoms with Crippen LogP contribution in [0.1, 0.15) is 45.4 Å². The van der Waals surface area contributed by atoms with Gasteiger partial charge in [0.1, 0.15) is 11.3 Å². The summed E-state index contributed by atoms with van der Waals surface area (Å²) in [6.45, 7) is -1.64. The number of ether oxygens (including phenoxy) is 1. The van der Waals surface area contributed by atoms with Gasteiger partial charge >= 0.3 is 12.1 Å². The van der Waals surface area contributed by atoms with E-state index in [0.717, 1.165) is 22.7 Å². The van der Waals surface area contributed by atoms with E-state index < -0.39 is 12.5 Å². The average molecular weight is 505 g/mol. The van der Waals surface area contributed by atoms with Crippen LogP contribution in [0.2, 0.25) is 0 Å². The van der Waals surface area contributed by atoms with Crippen LogP contribution in [0.4, 0.5) is 13.8 Å². The highest BCUT2D eigenvalue weighted by atomic mass is 32.1. The van der Waals surface area contributed by atoms with Gasteiger partial charge in [-0.05, 0) is 52.4 Å². The molecule has 3 heterocycles. The van der Waals surface area contributed by atoms with Gasteiger partial charge in [-0.2, -0.15) is 0 Å². The number of pyridine rings is 1. The Morgan fingerprint density at radius 1 is 1.00 bits per heavy atom. The fraction of sp³-hybridized carbons (Fsp3) is 0.296. The first-order valence-electron chi connectivity index (χ1n) is 12.6. The Morgan fingerprint density at radius 3 is 2.56 bits per heavy atom.